The SMILES string of the molecule is CC(=O)N1C2CCC(C3CNCN3C)CC2N(C(=O)C2CCCO2)C[C@@H]1C. The number of hydrogen-bond donors (Lipinski definition) is 1. The van der Waals surface area contributed by atoms with Crippen LogP contribution in [0, 0.1) is 5.92 Å². The van der Waals surface area contributed by atoms with Gasteiger partial charge in [-0.2, -0.15) is 0 Å². The van der Waals surface area contributed by atoms with Crippen LogP contribution in [0.15, 0.2) is 0 Å². The van der Waals surface area contributed by atoms with Gasteiger partial charge in [-0.05, 0) is 52.0 Å². The summed E-state index contributed by atoms with van der Waals surface area (Å²) in [7, 11) is 2.18. The highest BCUT2D eigenvalue weighted by Crippen LogP contribution is 2.39. The number of amides is 2. The number of hydrogen-bond acceptors (Lipinski definition) is 5. The molecule has 3 saturated heterocycles. The average molecular weight is 379 g/mol. The van der Waals surface area contributed by atoms with Gasteiger partial charge in [-0.3, -0.25) is 14.5 Å². The van der Waals surface area contributed by atoms with Crippen LogP contribution in [0.4, 0.5) is 0 Å². The number of nitrogens with zero attached hydrogens (tertiary/aromatic N) is 3. The van der Waals surface area contributed by atoms with Crippen LogP contribution < -0.4 is 5.32 Å². The molecule has 3 aliphatic heterocycles. The van der Waals surface area contributed by atoms with Crippen LogP contribution in [0.25, 0.3) is 0 Å². The molecule has 27 heavy (non-hydrogen) atoms. The minimum atomic E-state index is -0.280. The first-order valence-corrected chi connectivity index (χ1v) is 10.6. The summed E-state index contributed by atoms with van der Waals surface area (Å²) in [5, 5.41) is 3.47. The Balaban J connectivity index is 1.57. The molecule has 7 heteroatoms. The summed E-state index contributed by atoms with van der Waals surface area (Å²) in [6.45, 7) is 7.02. The molecule has 0 aromatic rings. The van der Waals surface area contributed by atoms with E-state index in [1.165, 1.54) is 0 Å². The summed E-state index contributed by atoms with van der Waals surface area (Å²) >= 11 is 0. The molecular weight excluding hydrogens is 344 g/mol. The molecular formula is C20H34N4O3. The minimum Gasteiger partial charge on any atom is -0.368 e. The summed E-state index contributed by atoms with van der Waals surface area (Å²) in [5.41, 5.74) is 0. The molecule has 7 nitrogen and oxygen atoms in total. The van der Waals surface area contributed by atoms with E-state index in [0.717, 1.165) is 45.3 Å². The van der Waals surface area contributed by atoms with E-state index in [1.54, 1.807) is 6.92 Å². The molecule has 152 valence electrons. The molecule has 4 rings (SSSR count). The zero-order valence-electron chi connectivity index (χ0n) is 16.9. The Hall–Kier alpha value is -1.18. The number of piperazine rings is 1. The van der Waals surface area contributed by atoms with E-state index < -0.39 is 0 Å². The number of rotatable bonds is 2. The molecule has 4 fully saturated rings. The van der Waals surface area contributed by atoms with Gasteiger partial charge in [-0.1, -0.05) is 0 Å². The molecule has 1 N–H and O–H groups in total. The summed E-state index contributed by atoms with van der Waals surface area (Å²) < 4.78 is 5.71. The van der Waals surface area contributed by atoms with Crippen LogP contribution in [-0.4, -0.2) is 90.2 Å². The largest absolute Gasteiger partial charge is 0.368 e. The zero-order valence-corrected chi connectivity index (χ0v) is 16.9. The van der Waals surface area contributed by atoms with Crippen molar-refractivity contribution in [3.8, 4) is 0 Å². The number of carbonyl (C=O) groups is 2. The Morgan fingerprint density at radius 3 is 2.56 bits per heavy atom. The monoisotopic (exact) mass is 378 g/mol. The third-order valence-electron chi connectivity index (χ3n) is 7.19. The second-order valence-electron chi connectivity index (χ2n) is 8.91. The second-order valence-corrected chi connectivity index (χ2v) is 8.91. The lowest BCUT2D eigenvalue weighted by atomic mass is 9.75. The van der Waals surface area contributed by atoms with Crippen molar-refractivity contribution in [1.29, 1.82) is 0 Å². The highest BCUT2D eigenvalue weighted by Gasteiger charge is 2.49. The van der Waals surface area contributed by atoms with Crippen molar-refractivity contribution in [3.05, 3.63) is 0 Å². The summed E-state index contributed by atoms with van der Waals surface area (Å²) in [5.74, 6) is 0.851. The van der Waals surface area contributed by atoms with Crippen molar-refractivity contribution in [2.24, 2.45) is 5.92 Å². The van der Waals surface area contributed by atoms with Crippen LogP contribution in [0.1, 0.15) is 46.0 Å². The van der Waals surface area contributed by atoms with Crippen molar-refractivity contribution in [2.45, 2.75) is 76.2 Å². The summed E-state index contributed by atoms with van der Waals surface area (Å²) in [6.07, 6.45) is 4.61. The van der Waals surface area contributed by atoms with Crippen LogP contribution in [0.2, 0.25) is 0 Å². The van der Waals surface area contributed by atoms with Crippen molar-refractivity contribution in [2.75, 3.05) is 33.4 Å². The van der Waals surface area contributed by atoms with E-state index in [0.29, 0.717) is 25.1 Å². The van der Waals surface area contributed by atoms with Gasteiger partial charge in [0.15, 0.2) is 0 Å². The van der Waals surface area contributed by atoms with Gasteiger partial charge < -0.3 is 19.9 Å². The van der Waals surface area contributed by atoms with E-state index in [-0.39, 0.29) is 36.0 Å². The van der Waals surface area contributed by atoms with Gasteiger partial charge in [-0.15, -0.1) is 0 Å². The maximum absolute atomic E-state index is 13.2. The fourth-order valence-electron chi connectivity index (χ4n) is 5.95. The number of nitrogens with one attached hydrogen (secondary N) is 1. The van der Waals surface area contributed by atoms with Gasteiger partial charge in [0.1, 0.15) is 6.10 Å². The topological polar surface area (TPSA) is 65.1 Å². The van der Waals surface area contributed by atoms with Crippen LogP contribution in [-0.2, 0) is 14.3 Å². The third kappa shape index (κ3) is 3.49. The summed E-state index contributed by atoms with van der Waals surface area (Å²) in [4.78, 5) is 32.1. The molecule has 1 aliphatic carbocycles. The van der Waals surface area contributed by atoms with Crippen molar-refractivity contribution >= 4 is 11.8 Å². The van der Waals surface area contributed by atoms with E-state index in [4.69, 9.17) is 4.74 Å². The Bertz CT molecular complexity index is 580. The van der Waals surface area contributed by atoms with Gasteiger partial charge >= 0.3 is 0 Å². The van der Waals surface area contributed by atoms with Crippen molar-refractivity contribution in [1.82, 2.24) is 20.0 Å². The molecule has 0 aromatic heterocycles. The number of fused-ring (bicyclic) bond motifs is 1. The first kappa shape index (κ1) is 19.2. The van der Waals surface area contributed by atoms with E-state index in [9.17, 15) is 9.59 Å². The first-order chi connectivity index (χ1) is 13.0. The smallest absolute Gasteiger partial charge is 0.252 e. The standard InChI is InChI=1S/C20H34N4O3/c1-13-11-23(20(26)19-5-4-8-27-19)17-9-15(18-10-21-12-22(18)3)6-7-16(17)24(13)14(2)25/h13,15-19,21H,4-12H2,1-3H3/t13-,15?,16?,17?,18?,19?/m0/s1. The van der Waals surface area contributed by atoms with Crippen LogP contribution in [0.5, 0.6) is 0 Å². The van der Waals surface area contributed by atoms with Crippen LogP contribution in [0.3, 0.4) is 0 Å². The van der Waals surface area contributed by atoms with Gasteiger partial charge in [0.05, 0.1) is 12.1 Å². The summed E-state index contributed by atoms with van der Waals surface area (Å²) in [6, 6.07) is 0.860. The lowest BCUT2D eigenvalue weighted by molar-refractivity contribution is -0.160. The molecule has 4 aliphatic rings. The number of carbonyl (C=O) groups excluding carboxylic acids is 2. The Morgan fingerprint density at radius 1 is 1.11 bits per heavy atom. The molecule has 0 aromatic carbocycles. The molecule has 5 unspecified atom stereocenters. The quantitative estimate of drug-likeness (QED) is 0.764. The van der Waals surface area contributed by atoms with Gasteiger partial charge in [-0.25, -0.2) is 0 Å². The molecule has 6 atom stereocenters. The van der Waals surface area contributed by atoms with E-state index in [2.05, 4.69) is 34.0 Å². The number of ether oxygens (including phenoxy) is 1. The third-order valence-corrected chi connectivity index (χ3v) is 7.19. The molecule has 0 spiro atoms. The van der Waals surface area contributed by atoms with Gasteiger partial charge in [0.25, 0.3) is 5.91 Å². The Morgan fingerprint density at radius 2 is 1.93 bits per heavy atom. The van der Waals surface area contributed by atoms with Crippen molar-refractivity contribution < 1.29 is 14.3 Å². The average Bonchev–Trinajstić information content (AvgIpc) is 3.31. The predicted molar refractivity (Wildman–Crippen MR) is 102 cm³/mol. The normalized spacial score (nSPS) is 40.3. The lowest BCUT2D eigenvalue weighted by Crippen LogP contribution is -2.68. The Kier molecular flexibility index (Phi) is 5.45. The highest BCUT2D eigenvalue weighted by atomic mass is 16.5. The zero-order chi connectivity index (χ0) is 19.1. The first-order valence-electron chi connectivity index (χ1n) is 10.6. The van der Waals surface area contributed by atoms with Crippen LogP contribution >= 0.6 is 0 Å². The van der Waals surface area contributed by atoms with Gasteiger partial charge in [0, 0.05) is 45.4 Å². The molecule has 0 bridgehead atoms. The maximum Gasteiger partial charge on any atom is 0.252 e. The molecule has 3 heterocycles. The fraction of sp³-hybridized carbons (Fsp3) is 0.900. The minimum absolute atomic E-state index is 0.0708. The fourth-order valence-corrected chi connectivity index (χ4v) is 5.95. The number of likely N-dealkylation sites (N-methyl/N-ethyl adjacent to an activating group) is 1. The Labute approximate surface area is 162 Å². The maximum atomic E-state index is 13.2. The molecule has 1 saturated carbocycles. The lowest BCUT2D eigenvalue weighted by Gasteiger charge is -2.55. The molecule has 0 radical (unpaired) electrons. The highest BCUT2D eigenvalue weighted by molar-refractivity contribution is 5.82. The molecule has 2 amide bonds. The van der Waals surface area contributed by atoms with E-state index >= 15 is 0 Å². The van der Waals surface area contributed by atoms with Crippen molar-refractivity contribution in [3.63, 3.8) is 0 Å². The predicted octanol–water partition coefficient (Wildman–Crippen LogP) is 0.643. The second kappa shape index (κ2) is 7.68. The van der Waals surface area contributed by atoms with E-state index in [1.807, 2.05) is 0 Å². The van der Waals surface area contributed by atoms with Gasteiger partial charge in [0.2, 0.25) is 5.91 Å².